The first-order valence-corrected chi connectivity index (χ1v) is 6.41. The number of nitrogens with zero attached hydrogens (tertiary/aromatic N) is 3. The smallest absolute Gasteiger partial charge is 0.304 e. The Balaban J connectivity index is 2.21. The minimum atomic E-state index is -3.12. The lowest BCUT2D eigenvalue weighted by Gasteiger charge is -2.34. The van der Waals surface area contributed by atoms with Crippen LogP contribution in [0.15, 0.2) is 11.1 Å². The van der Waals surface area contributed by atoms with Crippen LogP contribution in [0.5, 0.6) is 0 Å². The molecule has 1 aliphatic rings. The van der Waals surface area contributed by atoms with Gasteiger partial charge in [-0.1, -0.05) is 0 Å². The van der Waals surface area contributed by atoms with Crippen molar-refractivity contribution >= 4 is 17.1 Å². The second-order valence-corrected chi connectivity index (χ2v) is 5.01. The average molecular weight is 347 g/mol. The maximum absolute atomic E-state index is 11.8. The predicted molar refractivity (Wildman–Crippen MR) is 70.9 cm³/mol. The van der Waals surface area contributed by atoms with Crippen molar-refractivity contribution in [2.75, 3.05) is 12.3 Å². The SMILES string of the molecule is Nc1nc2c(ncn2[C@@H]2O[C@H](CO)[C@](O)(OO)[C@]2(O)OO)c(=O)[nH]1. The summed E-state index contributed by atoms with van der Waals surface area (Å²) in [4.78, 5) is 29.2. The van der Waals surface area contributed by atoms with Crippen LogP contribution in [0.1, 0.15) is 6.23 Å². The largest absolute Gasteiger partial charge is 0.393 e. The molecular formula is C10H13N5O9. The number of aromatic nitrogens is 4. The number of imidazole rings is 1. The van der Waals surface area contributed by atoms with E-state index in [-0.39, 0.29) is 17.1 Å². The van der Waals surface area contributed by atoms with Crippen molar-refractivity contribution < 1.29 is 40.3 Å². The maximum Gasteiger partial charge on any atom is 0.304 e. The summed E-state index contributed by atoms with van der Waals surface area (Å²) in [6, 6.07) is 0. The molecular weight excluding hydrogens is 334 g/mol. The number of fused-ring (bicyclic) bond motifs is 1. The van der Waals surface area contributed by atoms with Gasteiger partial charge in [0, 0.05) is 0 Å². The molecule has 0 bridgehead atoms. The molecule has 0 spiro atoms. The molecule has 2 aromatic heterocycles. The normalized spacial score (nSPS) is 33.4. The molecule has 8 N–H and O–H groups in total. The molecule has 0 saturated carbocycles. The molecule has 24 heavy (non-hydrogen) atoms. The summed E-state index contributed by atoms with van der Waals surface area (Å²) in [5, 5.41) is 47.8. The van der Waals surface area contributed by atoms with E-state index in [0.29, 0.717) is 0 Å². The summed E-state index contributed by atoms with van der Waals surface area (Å²) in [6.45, 7) is -0.942. The van der Waals surface area contributed by atoms with Gasteiger partial charge in [0.2, 0.25) is 5.95 Å². The molecule has 0 amide bonds. The number of aliphatic hydroxyl groups is 3. The Morgan fingerprint density at radius 2 is 2.04 bits per heavy atom. The Labute approximate surface area is 131 Å². The van der Waals surface area contributed by atoms with Gasteiger partial charge >= 0.3 is 5.79 Å². The second-order valence-electron chi connectivity index (χ2n) is 5.01. The molecule has 3 heterocycles. The number of aromatic amines is 1. The fourth-order valence-electron chi connectivity index (χ4n) is 2.52. The number of nitrogen functional groups attached to an aromatic ring is 1. The summed E-state index contributed by atoms with van der Waals surface area (Å²) in [5.41, 5.74) is 4.34. The number of hydrogen-bond acceptors (Lipinski definition) is 12. The van der Waals surface area contributed by atoms with E-state index in [2.05, 4.69) is 24.7 Å². The zero-order valence-corrected chi connectivity index (χ0v) is 11.7. The van der Waals surface area contributed by atoms with Gasteiger partial charge in [-0.3, -0.25) is 14.3 Å². The van der Waals surface area contributed by atoms with Crippen LogP contribution in [0.3, 0.4) is 0 Å². The Morgan fingerprint density at radius 1 is 1.38 bits per heavy atom. The van der Waals surface area contributed by atoms with Crippen molar-refractivity contribution in [1.82, 2.24) is 19.5 Å². The molecule has 1 aliphatic heterocycles. The second kappa shape index (κ2) is 5.43. The van der Waals surface area contributed by atoms with Crippen LogP contribution >= 0.6 is 0 Å². The molecule has 4 atom stereocenters. The van der Waals surface area contributed by atoms with Crippen molar-refractivity contribution in [3.63, 3.8) is 0 Å². The Kier molecular flexibility index (Phi) is 3.78. The van der Waals surface area contributed by atoms with E-state index in [0.717, 1.165) is 10.9 Å². The Hall–Kier alpha value is -2.17. The number of nitrogens with one attached hydrogen (secondary N) is 1. The standard InChI is InChI=1S/C10H13N5O9/c11-8-13-5-4(6(17)14-8)12-2-15(5)7-10(19,24-21)9(18,23-20)3(1-16)22-7/h2-3,7,16,18-21H,1H2,(H3,11,13,14,17)/t3-,7-,9+,10-/m1/s1. The first-order chi connectivity index (χ1) is 11.3. The zero-order valence-electron chi connectivity index (χ0n) is 11.7. The van der Waals surface area contributed by atoms with Gasteiger partial charge in [-0.25, -0.2) is 15.5 Å². The van der Waals surface area contributed by atoms with Gasteiger partial charge in [0.25, 0.3) is 11.3 Å². The lowest BCUT2D eigenvalue weighted by molar-refractivity contribution is -0.523. The van der Waals surface area contributed by atoms with E-state index >= 15 is 0 Å². The molecule has 0 radical (unpaired) electrons. The summed E-state index contributed by atoms with van der Waals surface area (Å²) < 4.78 is 6.05. The van der Waals surface area contributed by atoms with Crippen LogP contribution in [0.2, 0.25) is 0 Å². The number of rotatable bonds is 4. The van der Waals surface area contributed by atoms with Crippen LogP contribution < -0.4 is 11.3 Å². The highest BCUT2D eigenvalue weighted by Crippen LogP contribution is 2.46. The molecule has 0 unspecified atom stereocenters. The van der Waals surface area contributed by atoms with E-state index in [1.165, 1.54) is 0 Å². The number of aliphatic hydroxyl groups excluding tert-OH is 1. The van der Waals surface area contributed by atoms with E-state index in [9.17, 15) is 20.1 Å². The Bertz CT molecular complexity index is 823. The van der Waals surface area contributed by atoms with Gasteiger partial charge in [0.05, 0.1) is 12.9 Å². The molecule has 1 fully saturated rings. The van der Waals surface area contributed by atoms with Crippen molar-refractivity contribution in [2.24, 2.45) is 0 Å². The minimum absolute atomic E-state index is 0.199. The summed E-state index contributed by atoms with van der Waals surface area (Å²) in [6.07, 6.45) is -2.62. The third kappa shape index (κ3) is 1.96. The van der Waals surface area contributed by atoms with E-state index in [1.54, 1.807) is 0 Å². The lowest BCUT2D eigenvalue weighted by Crippen LogP contribution is -2.61. The van der Waals surface area contributed by atoms with Crippen LogP contribution in [0.25, 0.3) is 11.2 Å². The topological polar surface area (TPSA) is 218 Å². The predicted octanol–water partition coefficient (Wildman–Crippen LogP) is -3.05. The van der Waals surface area contributed by atoms with Gasteiger partial charge in [-0.15, -0.1) is 0 Å². The lowest BCUT2D eigenvalue weighted by atomic mass is 10.0. The third-order valence-corrected chi connectivity index (χ3v) is 3.73. The molecule has 14 heteroatoms. The quantitative estimate of drug-likeness (QED) is 0.167. The van der Waals surface area contributed by atoms with Crippen molar-refractivity contribution in [3.8, 4) is 0 Å². The van der Waals surface area contributed by atoms with Crippen molar-refractivity contribution in [2.45, 2.75) is 23.9 Å². The zero-order chi connectivity index (χ0) is 17.7. The maximum atomic E-state index is 11.8. The monoisotopic (exact) mass is 347 g/mol. The highest BCUT2D eigenvalue weighted by atomic mass is 17.2. The molecule has 1 saturated heterocycles. The first-order valence-electron chi connectivity index (χ1n) is 6.41. The molecule has 2 aromatic rings. The highest BCUT2D eigenvalue weighted by molar-refractivity contribution is 5.70. The average Bonchev–Trinajstić information content (AvgIpc) is 3.06. The molecule has 0 aromatic carbocycles. The van der Waals surface area contributed by atoms with Crippen LogP contribution in [-0.2, 0) is 14.5 Å². The summed E-state index contributed by atoms with van der Waals surface area (Å²) in [7, 11) is 0. The number of nitrogens with two attached hydrogens (primary N) is 1. The molecule has 132 valence electrons. The van der Waals surface area contributed by atoms with Gasteiger partial charge in [0.1, 0.15) is 6.10 Å². The molecule has 14 nitrogen and oxygen atoms in total. The summed E-state index contributed by atoms with van der Waals surface area (Å²) >= 11 is 0. The molecule has 0 aliphatic carbocycles. The van der Waals surface area contributed by atoms with Crippen LogP contribution in [0, 0.1) is 0 Å². The third-order valence-electron chi connectivity index (χ3n) is 3.73. The minimum Gasteiger partial charge on any atom is -0.393 e. The number of anilines is 1. The molecule has 3 rings (SSSR count). The van der Waals surface area contributed by atoms with Crippen LogP contribution in [-0.4, -0.2) is 69.6 Å². The van der Waals surface area contributed by atoms with Gasteiger partial charge in [0.15, 0.2) is 17.4 Å². The van der Waals surface area contributed by atoms with Gasteiger partial charge in [-0.2, -0.15) is 14.8 Å². The fraction of sp³-hybridized carbons (Fsp3) is 0.500. The number of H-pyrrole nitrogens is 1. The number of ether oxygens (including phenoxy) is 1. The van der Waals surface area contributed by atoms with E-state index < -0.39 is 36.1 Å². The first kappa shape index (κ1) is 16.7. The summed E-state index contributed by atoms with van der Waals surface area (Å²) in [5.74, 6) is -6.49. The van der Waals surface area contributed by atoms with Gasteiger partial charge < -0.3 is 25.8 Å². The van der Waals surface area contributed by atoms with Crippen molar-refractivity contribution in [1.29, 1.82) is 0 Å². The van der Waals surface area contributed by atoms with E-state index in [4.69, 9.17) is 21.0 Å². The van der Waals surface area contributed by atoms with Crippen molar-refractivity contribution in [3.05, 3.63) is 16.7 Å². The number of hydrogen-bond donors (Lipinski definition) is 7. The van der Waals surface area contributed by atoms with Crippen LogP contribution in [0.4, 0.5) is 5.95 Å². The fourth-order valence-corrected chi connectivity index (χ4v) is 2.52. The highest BCUT2D eigenvalue weighted by Gasteiger charge is 2.71. The van der Waals surface area contributed by atoms with E-state index in [1.807, 2.05) is 0 Å². The Morgan fingerprint density at radius 3 is 2.62 bits per heavy atom. The van der Waals surface area contributed by atoms with Gasteiger partial charge in [-0.05, 0) is 0 Å².